The summed E-state index contributed by atoms with van der Waals surface area (Å²) in [5, 5.41) is 26.8. The second kappa shape index (κ2) is 43.0. The Balaban J connectivity index is 3.27. The van der Waals surface area contributed by atoms with E-state index in [0.717, 1.165) is 26.1 Å². The van der Waals surface area contributed by atoms with Gasteiger partial charge in [-0.25, -0.2) is 19.6 Å². The molecule has 0 aliphatic heterocycles. The molecule has 0 aliphatic rings. The summed E-state index contributed by atoms with van der Waals surface area (Å²) in [4.78, 5) is 51.0. The van der Waals surface area contributed by atoms with Gasteiger partial charge < -0.3 is 40.1 Å². The fraction of sp³-hybridized carbons (Fsp3) is 0.826. The number of nitrogens with zero attached hydrogens (tertiary/aromatic N) is 2. The first-order valence-corrected chi connectivity index (χ1v) is 25.1. The lowest BCUT2D eigenvalue weighted by molar-refractivity contribution is -0.210. The lowest BCUT2D eigenvalue weighted by atomic mass is 10.8. The Hall–Kier alpha value is 0.820. The summed E-state index contributed by atoms with van der Waals surface area (Å²) in [6.45, 7) is 1.07. The van der Waals surface area contributed by atoms with Gasteiger partial charge in [0.05, 0.1) is 36.7 Å². The summed E-state index contributed by atoms with van der Waals surface area (Å²) in [6, 6.07) is 0. The van der Waals surface area contributed by atoms with E-state index in [-0.39, 0.29) is 19.2 Å². The standard InChI is InChI=1S/C23H44N4O10S10/c28-1-5-38-7-3-32-22(30)26-13-42-19-46-18-41-12-25-10-36-37-16-45-21-44-15-33-23(31)27-14-43-20-47-17-40-11-24-9-35-34-4-8-39-6-2-29/h9-10,28-29H,1-8,11-21H2,(H,26,30)(H,27,31)/b24-9-,25-10+. The third-order valence-corrected chi connectivity index (χ3v) is 14.2. The maximum absolute atomic E-state index is 11.7. The number of aliphatic imine (C=N–C) groups is 2. The van der Waals surface area contributed by atoms with Crippen molar-refractivity contribution in [3.63, 3.8) is 0 Å². The van der Waals surface area contributed by atoms with Crippen molar-refractivity contribution in [2.45, 2.75) is 0 Å². The van der Waals surface area contributed by atoms with Gasteiger partial charge in [-0.1, -0.05) is 0 Å². The van der Waals surface area contributed by atoms with E-state index in [1.54, 1.807) is 82.3 Å². The molecule has 0 rings (SSSR count). The predicted molar refractivity (Wildman–Crippen MR) is 213 cm³/mol. The first-order chi connectivity index (χ1) is 23.2. The number of alkyl carbamates (subject to hydrolysis) is 2. The summed E-state index contributed by atoms with van der Waals surface area (Å²) < 4.78 is 10.1. The molecule has 0 spiro atoms. The third kappa shape index (κ3) is 42.9. The molecule has 0 aromatic carbocycles. The molecule has 0 saturated carbocycles. The maximum atomic E-state index is 11.7. The molecule has 0 aliphatic carbocycles. The van der Waals surface area contributed by atoms with Crippen LogP contribution >= 0.6 is 118 Å². The minimum atomic E-state index is -0.445. The van der Waals surface area contributed by atoms with Crippen LogP contribution in [-0.4, -0.2) is 145 Å². The van der Waals surface area contributed by atoms with Crippen molar-refractivity contribution in [1.29, 1.82) is 0 Å². The number of nitrogens with one attached hydrogen (secondary N) is 2. The number of aliphatic hydroxyl groups excluding tert-OH is 2. The Morgan fingerprint density at radius 2 is 1.06 bits per heavy atom. The maximum Gasteiger partial charge on any atom is 0.408 e. The lowest BCUT2D eigenvalue weighted by Crippen LogP contribution is -2.24. The average Bonchev–Trinajstić information content (AvgIpc) is 3.07. The molecule has 2 amide bonds. The SMILES string of the molecule is O=C(NCSCSCSC/N=C/OOCSCSCOC(=O)NCSCSCSC/N=C\OOCCSCCO)OCCSCCO. The Labute approximate surface area is 319 Å². The molecule has 14 nitrogen and oxygen atoms in total. The van der Waals surface area contributed by atoms with Crippen LogP contribution in [0.25, 0.3) is 0 Å². The summed E-state index contributed by atoms with van der Waals surface area (Å²) >= 11 is 16.0. The molecule has 0 aromatic heterocycles. The summed E-state index contributed by atoms with van der Waals surface area (Å²) in [6.07, 6.45) is 1.69. The Morgan fingerprint density at radius 1 is 0.553 bits per heavy atom. The van der Waals surface area contributed by atoms with Crippen molar-refractivity contribution in [1.82, 2.24) is 10.6 Å². The smallest absolute Gasteiger partial charge is 0.408 e. The molecular weight excluding hydrogens is 813 g/mol. The quantitative estimate of drug-likeness (QED) is 0.0160. The number of carbonyl (C=O) groups excluding carboxylic acids is 2. The van der Waals surface area contributed by atoms with E-state index >= 15 is 0 Å². The normalized spacial score (nSPS) is 11.3. The number of amides is 2. The first kappa shape index (κ1) is 47.8. The van der Waals surface area contributed by atoms with E-state index in [2.05, 4.69) is 20.6 Å². The molecule has 0 heterocycles. The van der Waals surface area contributed by atoms with Gasteiger partial charge in [-0.05, 0) is 0 Å². The van der Waals surface area contributed by atoms with Crippen LogP contribution in [0.1, 0.15) is 0 Å². The average molecular weight is 857 g/mol. The predicted octanol–water partition coefficient (Wildman–Crippen LogP) is 5.24. The molecule has 0 aromatic rings. The molecule has 4 N–H and O–H groups in total. The highest BCUT2D eigenvalue weighted by Gasteiger charge is 2.02. The van der Waals surface area contributed by atoms with Gasteiger partial charge in [0.15, 0.2) is 0 Å². The van der Waals surface area contributed by atoms with E-state index in [9.17, 15) is 9.59 Å². The molecule has 47 heavy (non-hydrogen) atoms. The largest absolute Gasteiger partial charge is 0.449 e. The van der Waals surface area contributed by atoms with Crippen molar-refractivity contribution in [2.75, 3.05) is 110 Å². The van der Waals surface area contributed by atoms with Crippen LogP contribution < -0.4 is 10.6 Å². The third-order valence-electron chi connectivity index (χ3n) is 3.82. The molecule has 276 valence electrons. The number of hydrogen-bond acceptors (Lipinski definition) is 22. The zero-order valence-electron chi connectivity index (χ0n) is 25.7. The lowest BCUT2D eigenvalue weighted by Gasteiger charge is -2.06. The van der Waals surface area contributed by atoms with Crippen LogP contribution in [-0.2, 0) is 29.0 Å². The molecule has 0 fully saturated rings. The molecule has 24 heteroatoms. The first-order valence-electron chi connectivity index (χ1n) is 13.5. The summed E-state index contributed by atoms with van der Waals surface area (Å²) in [5.74, 6) is 5.43. The number of thioether (sulfide) groups is 10. The van der Waals surface area contributed by atoms with Gasteiger partial charge in [0.1, 0.15) is 25.1 Å². The van der Waals surface area contributed by atoms with Crippen molar-refractivity contribution in [3.05, 3.63) is 0 Å². The summed E-state index contributed by atoms with van der Waals surface area (Å²) in [5.41, 5.74) is 0. The van der Waals surface area contributed by atoms with Gasteiger partial charge in [-0.3, -0.25) is 0 Å². The van der Waals surface area contributed by atoms with E-state index in [1.165, 1.54) is 48.1 Å². The minimum absolute atomic E-state index is 0.129. The van der Waals surface area contributed by atoms with Crippen LogP contribution in [0.15, 0.2) is 9.98 Å². The van der Waals surface area contributed by atoms with Gasteiger partial charge >= 0.3 is 12.2 Å². The fourth-order valence-electron chi connectivity index (χ4n) is 2.02. The Kier molecular flexibility index (Phi) is 43.7. The van der Waals surface area contributed by atoms with Crippen LogP contribution in [0.2, 0.25) is 0 Å². The molecular formula is C23H44N4O10S10. The number of ether oxygens (including phenoxy) is 2. The highest BCUT2D eigenvalue weighted by atomic mass is 32.2. The molecule has 0 atom stereocenters. The second-order valence-corrected chi connectivity index (χ2v) is 19.3. The zero-order chi connectivity index (χ0) is 34.1. The van der Waals surface area contributed by atoms with E-state index in [1.807, 2.05) is 0 Å². The topological polar surface area (TPSA) is 179 Å². The van der Waals surface area contributed by atoms with E-state index in [0.29, 0.717) is 65.0 Å². The highest BCUT2D eigenvalue weighted by Crippen LogP contribution is 2.18. The van der Waals surface area contributed by atoms with Gasteiger partial charge in [0, 0.05) is 48.4 Å². The van der Waals surface area contributed by atoms with Crippen LogP contribution in [0, 0.1) is 0 Å². The summed E-state index contributed by atoms with van der Waals surface area (Å²) in [7, 11) is 0. The van der Waals surface area contributed by atoms with Crippen LogP contribution in [0.3, 0.4) is 0 Å². The van der Waals surface area contributed by atoms with Crippen molar-refractivity contribution < 1.29 is 48.8 Å². The van der Waals surface area contributed by atoms with Gasteiger partial charge in [0.25, 0.3) is 0 Å². The fourth-order valence-corrected chi connectivity index (χ4v) is 10.1. The number of hydrogen-bond donors (Lipinski definition) is 4. The number of aliphatic hydroxyl groups is 2. The number of rotatable bonds is 36. The molecule has 0 unspecified atom stereocenters. The van der Waals surface area contributed by atoms with Crippen LogP contribution in [0.5, 0.6) is 0 Å². The van der Waals surface area contributed by atoms with E-state index < -0.39 is 12.2 Å². The van der Waals surface area contributed by atoms with Gasteiger partial charge in [-0.15, -0.1) is 94.1 Å². The number of carbonyl (C=O) groups is 2. The second-order valence-electron chi connectivity index (χ2n) is 7.31. The molecule has 0 radical (unpaired) electrons. The monoisotopic (exact) mass is 856 g/mol. The van der Waals surface area contributed by atoms with Gasteiger partial charge in [0.2, 0.25) is 12.8 Å². The molecule has 0 bridgehead atoms. The Morgan fingerprint density at radius 3 is 1.68 bits per heavy atom. The minimum Gasteiger partial charge on any atom is -0.449 e. The highest BCUT2D eigenvalue weighted by molar-refractivity contribution is 8.23. The van der Waals surface area contributed by atoms with E-state index in [4.69, 9.17) is 39.2 Å². The Bertz CT molecular complexity index is 761. The van der Waals surface area contributed by atoms with Crippen molar-refractivity contribution in [3.8, 4) is 0 Å². The van der Waals surface area contributed by atoms with Crippen LogP contribution in [0.4, 0.5) is 9.59 Å². The molecule has 0 saturated heterocycles. The van der Waals surface area contributed by atoms with Gasteiger partial charge in [-0.2, -0.15) is 33.3 Å². The van der Waals surface area contributed by atoms with Crippen molar-refractivity contribution >= 4 is 143 Å². The zero-order valence-corrected chi connectivity index (χ0v) is 33.9. The van der Waals surface area contributed by atoms with Crippen molar-refractivity contribution in [2.24, 2.45) is 9.98 Å².